The third-order valence-electron chi connectivity index (χ3n) is 4.24. The van der Waals surface area contributed by atoms with E-state index in [0.717, 1.165) is 17.0 Å². The van der Waals surface area contributed by atoms with E-state index in [2.05, 4.69) is 15.3 Å². The van der Waals surface area contributed by atoms with Gasteiger partial charge in [-0.15, -0.1) is 0 Å². The number of para-hydroxylation sites is 1. The van der Waals surface area contributed by atoms with Gasteiger partial charge in [0, 0.05) is 18.4 Å². The van der Waals surface area contributed by atoms with Gasteiger partial charge in [-0.3, -0.25) is 14.9 Å². The van der Waals surface area contributed by atoms with Crippen LogP contribution in [-0.2, 0) is 6.54 Å². The van der Waals surface area contributed by atoms with Gasteiger partial charge in [0.05, 0.1) is 10.1 Å². The predicted octanol–water partition coefficient (Wildman–Crippen LogP) is 3.73. The van der Waals surface area contributed by atoms with Crippen molar-refractivity contribution in [1.29, 1.82) is 0 Å². The zero-order valence-corrected chi connectivity index (χ0v) is 15.4. The summed E-state index contributed by atoms with van der Waals surface area (Å²) in [7, 11) is 0. The predicted molar refractivity (Wildman–Crippen MR) is 104 cm³/mol. The summed E-state index contributed by atoms with van der Waals surface area (Å²) in [6.07, 6.45) is 1.50. The Hall–Kier alpha value is -3.13. The number of aryl methyl sites for hydroxylation is 2. The number of pyridine rings is 2. The van der Waals surface area contributed by atoms with E-state index in [0.29, 0.717) is 22.3 Å². The number of hydrogen-bond donors (Lipinski definition) is 1. The van der Waals surface area contributed by atoms with Crippen molar-refractivity contribution in [3.05, 3.63) is 63.8 Å². The third-order valence-corrected chi connectivity index (χ3v) is 5.17. The van der Waals surface area contributed by atoms with E-state index in [1.54, 1.807) is 28.8 Å². The van der Waals surface area contributed by atoms with Crippen molar-refractivity contribution in [1.82, 2.24) is 14.5 Å². The lowest BCUT2D eigenvalue weighted by Crippen LogP contribution is -2.24. The van der Waals surface area contributed by atoms with Gasteiger partial charge >= 0.3 is 0 Å². The maximum atomic E-state index is 13.8. The zero-order valence-electron chi connectivity index (χ0n) is 14.6. The number of rotatable bonds is 3. The number of nitrogens with one attached hydrogen (secondary N) is 1. The molecule has 4 rings (SSSR count). The highest BCUT2D eigenvalue weighted by atomic mass is 32.1. The average molecular weight is 382 g/mol. The summed E-state index contributed by atoms with van der Waals surface area (Å²) in [6.45, 7) is 4.31. The summed E-state index contributed by atoms with van der Waals surface area (Å²) < 4.78 is 16.2. The smallest absolute Gasteiger partial charge is 0.262 e. The van der Waals surface area contributed by atoms with Crippen molar-refractivity contribution in [2.45, 2.75) is 20.4 Å². The number of carbonyl (C=O) groups is 1. The minimum atomic E-state index is -0.580. The van der Waals surface area contributed by atoms with E-state index in [9.17, 15) is 14.0 Å². The molecule has 0 radical (unpaired) electrons. The molecule has 8 heteroatoms. The molecule has 3 aromatic heterocycles. The molecule has 0 atom stereocenters. The largest absolute Gasteiger partial charge is 0.332 e. The zero-order chi connectivity index (χ0) is 19.1. The van der Waals surface area contributed by atoms with E-state index in [1.807, 2.05) is 13.8 Å². The fraction of sp³-hybridized carbons (Fsp3) is 0.158. The first kappa shape index (κ1) is 17.3. The van der Waals surface area contributed by atoms with E-state index in [4.69, 9.17) is 0 Å². The molecular weight excluding hydrogens is 367 g/mol. The minimum Gasteiger partial charge on any atom is -0.332 e. The summed E-state index contributed by atoms with van der Waals surface area (Å²) >= 11 is 1.15. The van der Waals surface area contributed by atoms with Crippen LogP contribution in [0.1, 0.15) is 23.0 Å². The van der Waals surface area contributed by atoms with Gasteiger partial charge in [0.1, 0.15) is 22.5 Å². The second-order valence-electron chi connectivity index (χ2n) is 6.04. The Morgan fingerprint density at radius 2 is 2.07 bits per heavy atom. The average Bonchev–Trinajstić information content (AvgIpc) is 3.05. The number of halogens is 1. The van der Waals surface area contributed by atoms with Crippen molar-refractivity contribution in [3.8, 4) is 0 Å². The summed E-state index contributed by atoms with van der Waals surface area (Å²) in [5.74, 6) is -1.03. The van der Waals surface area contributed by atoms with Gasteiger partial charge in [-0.05, 0) is 38.1 Å². The maximum Gasteiger partial charge on any atom is 0.262 e. The van der Waals surface area contributed by atoms with Gasteiger partial charge in [0.15, 0.2) is 5.13 Å². The molecule has 4 aromatic rings. The van der Waals surface area contributed by atoms with Crippen LogP contribution >= 0.6 is 11.3 Å². The molecule has 1 amide bonds. The van der Waals surface area contributed by atoms with Crippen molar-refractivity contribution in [2.75, 3.05) is 5.32 Å². The molecular formula is C19H15FN4O2S. The molecule has 0 aliphatic carbocycles. The normalized spacial score (nSPS) is 11.2. The summed E-state index contributed by atoms with van der Waals surface area (Å²) in [6, 6.07) is 8.03. The van der Waals surface area contributed by atoms with Crippen LogP contribution in [-0.4, -0.2) is 20.4 Å². The monoisotopic (exact) mass is 382 g/mol. The van der Waals surface area contributed by atoms with Gasteiger partial charge < -0.3 is 4.57 Å². The quantitative estimate of drug-likeness (QED) is 0.586. The highest BCUT2D eigenvalue weighted by Crippen LogP contribution is 2.27. The van der Waals surface area contributed by atoms with Crippen molar-refractivity contribution >= 4 is 43.6 Å². The number of aromatic nitrogens is 3. The lowest BCUT2D eigenvalue weighted by Gasteiger charge is -2.11. The van der Waals surface area contributed by atoms with Crippen LogP contribution in [0.5, 0.6) is 0 Å². The summed E-state index contributed by atoms with van der Waals surface area (Å²) in [4.78, 5) is 34.0. The fourth-order valence-electron chi connectivity index (χ4n) is 2.90. The van der Waals surface area contributed by atoms with E-state index in [-0.39, 0.29) is 16.2 Å². The number of amides is 1. The second-order valence-corrected chi connectivity index (χ2v) is 7.07. The molecule has 0 saturated heterocycles. The number of anilines is 1. The molecule has 27 heavy (non-hydrogen) atoms. The van der Waals surface area contributed by atoms with Crippen LogP contribution in [0.2, 0.25) is 0 Å². The van der Waals surface area contributed by atoms with Crippen LogP contribution in [0.4, 0.5) is 9.52 Å². The van der Waals surface area contributed by atoms with Crippen molar-refractivity contribution in [3.63, 3.8) is 0 Å². The second kappa shape index (κ2) is 6.55. The molecule has 1 N–H and O–H groups in total. The van der Waals surface area contributed by atoms with Crippen LogP contribution in [0.15, 0.2) is 41.3 Å². The molecule has 6 nitrogen and oxygen atoms in total. The molecule has 136 valence electrons. The van der Waals surface area contributed by atoms with Crippen molar-refractivity contribution in [2.24, 2.45) is 0 Å². The van der Waals surface area contributed by atoms with Crippen LogP contribution < -0.4 is 10.7 Å². The van der Waals surface area contributed by atoms with Crippen molar-refractivity contribution < 1.29 is 9.18 Å². The number of fused-ring (bicyclic) bond motifs is 2. The fourth-order valence-corrected chi connectivity index (χ4v) is 3.77. The van der Waals surface area contributed by atoms with Crippen LogP contribution in [0.25, 0.3) is 21.3 Å². The lowest BCUT2D eigenvalue weighted by atomic mass is 10.1. The Labute approximate surface area is 157 Å². The van der Waals surface area contributed by atoms with E-state index >= 15 is 0 Å². The van der Waals surface area contributed by atoms with Gasteiger partial charge in [-0.25, -0.2) is 14.4 Å². The topological polar surface area (TPSA) is 76.9 Å². The number of benzene rings is 1. The van der Waals surface area contributed by atoms with Gasteiger partial charge in [0.2, 0.25) is 5.43 Å². The number of thiazole rings is 1. The molecule has 3 heterocycles. The molecule has 0 saturated carbocycles. The molecule has 0 unspecified atom stereocenters. The maximum absolute atomic E-state index is 13.8. The highest BCUT2D eigenvalue weighted by molar-refractivity contribution is 7.22. The Morgan fingerprint density at radius 3 is 2.81 bits per heavy atom. The first-order chi connectivity index (χ1) is 13.0. The van der Waals surface area contributed by atoms with Crippen LogP contribution in [0, 0.1) is 12.7 Å². The first-order valence-corrected chi connectivity index (χ1v) is 9.16. The summed E-state index contributed by atoms with van der Waals surface area (Å²) in [5, 5.41) is 3.23. The van der Waals surface area contributed by atoms with E-state index < -0.39 is 17.2 Å². The number of nitrogens with zero attached hydrogens (tertiary/aromatic N) is 3. The Bertz CT molecular complexity index is 1260. The molecule has 0 bridgehead atoms. The number of hydrogen-bond acceptors (Lipinski definition) is 5. The SMILES string of the molecule is CCn1cc(C(=O)Nc2nc3c(F)cccc3s2)c(=O)c2ccc(C)nc21. The molecule has 0 fully saturated rings. The lowest BCUT2D eigenvalue weighted by molar-refractivity contribution is 0.102. The highest BCUT2D eigenvalue weighted by Gasteiger charge is 2.18. The summed E-state index contributed by atoms with van der Waals surface area (Å²) in [5.41, 5.74) is 1.13. The molecule has 1 aromatic carbocycles. The van der Waals surface area contributed by atoms with Gasteiger partial charge in [0.25, 0.3) is 5.91 Å². The Balaban J connectivity index is 1.78. The molecule has 0 aliphatic heterocycles. The van der Waals surface area contributed by atoms with Crippen LogP contribution in [0.3, 0.4) is 0 Å². The number of carbonyl (C=O) groups excluding carboxylic acids is 1. The first-order valence-electron chi connectivity index (χ1n) is 8.35. The van der Waals surface area contributed by atoms with Gasteiger partial charge in [-0.2, -0.15) is 0 Å². The Kier molecular flexibility index (Phi) is 4.19. The van der Waals surface area contributed by atoms with E-state index in [1.165, 1.54) is 12.3 Å². The minimum absolute atomic E-state index is 0.00488. The molecule has 0 aliphatic rings. The molecule has 0 spiro atoms. The van der Waals surface area contributed by atoms with Gasteiger partial charge in [-0.1, -0.05) is 17.4 Å². The Morgan fingerprint density at radius 1 is 1.26 bits per heavy atom. The third kappa shape index (κ3) is 2.97. The standard InChI is InChI=1S/C19H15FN4O2S/c1-3-24-9-12(16(25)11-8-7-10(2)21-17(11)24)18(26)23-19-22-15-13(20)5-4-6-14(15)27-19/h4-9H,3H2,1-2H3,(H,22,23,26).